The Bertz CT molecular complexity index is 967. The van der Waals surface area contributed by atoms with E-state index in [9.17, 15) is 14.7 Å². The maximum atomic E-state index is 12.6. The van der Waals surface area contributed by atoms with Gasteiger partial charge in [-0.15, -0.1) is 0 Å². The molecule has 0 bridgehead atoms. The SMILES string of the molecule is O=C(O)c1nc(I)c2c(=O)n(Cc3ccccc3)ccc2c1O. The molecule has 7 heteroatoms. The predicted octanol–water partition coefficient (Wildman–Crippen LogP) is 2.45. The number of carboxylic acids is 1. The molecule has 0 amide bonds. The average Bonchev–Trinajstić information content (AvgIpc) is 2.53. The monoisotopic (exact) mass is 422 g/mol. The van der Waals surface area contributed by atoms with E-state index >= 15 is 0 Å². The van der Waals surface area contributed by atoms with Gasteiger partial charge in [0.25, 0.3) is 5.56 Å². The van der Waals surface area contributed by atoms with Gasteiger partial charge in [0.2, 0.25) is 0 Å². The lowest BCUT2D eigenvalue weighted by Crippen LogP contribution is -2.21. The van der Waals surface area contributed by atoms with Gasteiger partial charge in [0.15, 0.2) is 11.4 Å². The molecule has 0 unspecified atom stereocenters. The third-order valence-corrected chi connectivity index (χ3v) is 4.24. The van der Waals surface area contributed by atoms with E-state index in [0.29, 0.717) is 6.54 Å². The molecule has 3 aromatic rings. The second-order valence-electron chi connectivity index (χ2n) is 4.93. The first kappa shape index (κ1) is 15.5. The van der Waals surface area contributed by atoms with Gasteiger partial charge in [-0.1, -0.05) is 30.3 Å². The number of hydrogen-bond acceptors (Lipinski definition) is 4. The minimum Gasteiger partial charge on any atom is -0.505 e. The number of benzene rings is 1. The molecular weight excluding hydrogens is 411 g/mol. The van der Waals surface area contributed by atoms with Crippen LogP contribution in [0.5, 0.6) is 5.75 Å². The number of aromatic carboxylic acids is 1. The molecule has 0 atom stereocenters. The highest BCUT2D eigenvalue weighted by molar-refractivity contribution is 14.1. The maximum absolute atomic E-state index is 12.6. The summed E-state index contributed by atoms with van der Waals surface area (Å²) in [5, 5.41) is 19.5. The van der Waals surface area contributed by atoms with E-state index in [4.69, 9.17) is 5.11 Å². The molecule has 0 aliphatic rings. The largest absolute Gasteiger partial charge is 0.505 e. The Morgan fingerprint density at radius 2 is 1.91 bits per heavy atom. The van der Waals surface area contributed by atoms with Gasteiger partial charge < -0.3 is 14.8 Å². The zero-order valence-electron chi connectivity index (χ0n) is 11.7. The standard InChI is InChI=1S/C16H11IN2O4/c17-14-11-10(13(20)12(18-14)16(22)23)6-7-19(15(11)21)8-9-4-2-1-3-5-9/h1-7,20H,8H2,(H,22,23). The summed E-state index contributed by atoms with van der Waals surface area (Å²) in [4.78, 5) is 27.6. The minimum atomic E-state index is -1.34. The number of fused-ring (bicyclic) bond motifs is 1. The van der Waals surface area contributed by atoms with Crippen LogP contribution in [0.25, 0.3) is 10.8 Å². The van der Waals surface area contributed by atoms with Crippen molar-refractivity contribution in [2.45, 2.75) is 6.54 Å². The molecule has 2 heterocycles. The number of aromatic hydroxyl groups is 1. The van der Waals surface area contributed by atoms with Crippen molar-refractivity contribution in [2.75, 3.05) is 0 Å². The van der Waals surface area contributed by atoms with E-state index in [-0.39, 0.29) is 20.0 Å². The van der Waals surface area contributed by atoms with E-state index in [1.165, 1.54) is 10.6 Å². The average molecular weight is 422 g/mol. The van der Waals surface area contributed by atoms with Gasteiger partial charge in [-0.3, -0.25) is 4.79 Å². The molecule has 3 rings (SSSR count). The van der Waals surface area contributed by atoms with Gasteiger partial charge in [0, 0.05) is 11.6 Å². The number of carboxylic acid groups (broad SMARTS) is 1. The number of pyridine rings is 2. The summed E-state index contributed by atoms with van der Waals surface area (Å²) in [7, 11) is 0. The molecule has 1 aromatic carbocycles. The molecule has 6 nitrogen and oxygen atoms in total. The Balaban J connectivity index is 2.20. The Morgan fingerprint density at radius 3 is 2.57 bits per heavy atom. The summed E-state index contributed by atoms with van der Waals surface area (Å²) >= 11 is 1.81. The van der Waals surface area contributed by atoms with E-state index in [1.54, 1.807) is 6.20 Å². The predicted molar refractivity (Wildman–Crippen MR) is 92.9 cm³/mol. The second-order valence-corrected chi connectivity index (χ2v) is 5.95. The second kappa shape index (κ2) is 5.99. The first-order valence-electron chi connectivity index (χ1n) is 6.68. The van der Waals surface area contributed by atoms with E-state index in [2.05, 4.69) is 4.98 Å². The fourth-order valence-electron chi connectivity index (χ4n) is 2.36. The van der Waals surface area contributed by atoms with Crippen molar-refractivity contribution in [3.63, 3.8) is 0 Å². The van der Waals surface area contributed by atoms with Gasteiger partial charge in [0.05, 0.1) is 11.9 Å². The Morgan fingerprint density at radius 1 is 1.22 bits per heavy atom. The van der Waals surface area contributed by atoms with Crippen molar-refractivity contribution in [2.24, 2.45) is 0 Å². The van der Waals surface area contributed by atoms with E-state index < -0.39 is 17.4 Å². The number of hydrogen-bond donors (Lipinski definition) is 2. The topological polar surface area (TPSA) is 92.4 Å². The molecule has 0 aliphatic heterocycles. The van der Waals surface area contributed by atoms with Crippen LogP contribution in [0.3, 0.4) is 0 Å². The van der Waals surface area contributed by atoms with E-state index in [1.807, 2.05) is 52.9 Å². The highest BCUT2D eigenvalue weighted by atomic mass is 127. The summed E-state index contributed by atoms with van der Waals surface area (Å²) in [5.41, 5.74) is 0.181. The maximum Gasteiger partial charge on any atom is 0.358 e. The number of carbonyl (C=O) groups is 1. The number of halogens is 1. The molecule has 0 spiro atoms. The lowest BCUT2D eigenvalue weighted by Gasteiger charge is -2.10. The van der Waals surface area contributed by atoms with Crippen molar-refractivity contribution in [1.29, 1.82) is 0 Å². The quantitative estimate of drug-likeness (QED) is 0.500. The van der Waals surface area contributed by atoms with Crippen LogP contribution in [0.15, 0.2) is 47.4 Å². The number of aromatic nitrogens is 2. The van der Waals surface area contributed by atoms with Crippen LogP contribution in [0.1, 0.15) is 16.1 Å². The smallest absolute Gasteiger partial charge is 0.358 e. The van der Waals surface area contributed by atoms with Gasteiger partial charge in [-0.2, -0.15) is 0 Å². The van der Waals surface area contributed by atoms with Crippen LogP contribution in [0.4, 0.5) is 0 Å². The van der Waals surface area contributed by atoms with Gasteiger partial charge >= 0.3 is 5.97 Å². The van der Waals surface area contributed by atoms with Crippen LogP contribution in [0.2, 0.25) is 0 Å². The molecule has 0 saturated carbocycles. The van der Waals surface area contributed by atoms with Crippen molar-refractivity contribution >= 4 is 39.3 Å². The third-order valence-electron chi connectivity index (χ3n) is 3.46. The van der Waals surface area contributed by atoms with Crippen LogP contribution in [-0.4, -0.2) is 25.7 Å². The molecule has 23 heavy (non-hydrogen) atoms. The van der Waals surface area contributed by atoms with Crippen molar-refractivity contribution in [3.05, 3.63) is 67.9 Å². The zero-order chi connectivity index (χ0) is 16.6. The lowest BCUT2D eigenvalue weighted by molar-refractivity contribution is 0.0687. The molecule has 2 N–H and O–H groups in total. The molecule has 2 aromatic heterocycles. The van der Waals surface area contributed by atoms with Crippen molar-refractivity contribution in [3.8, 4) is 5.75 Å². The summed E-state index contributed by atoms with van der Waals surface area (Å²) in [6.45, 7) is 0.382. The number of nitrogens with zero attached hydrogens (tertiary/aromatic N) is 2. The minimum absolute atomic E-state index is 0.191. The Labute approximate surface area is 144 Å². The van der Waals surface area contributed by atoms with Crippen LogP contribution in [-0.2, 0) is 6.54 Å². The molecule has 0 aliphatic carbocycles. The third kappa shape index (κ3) is 2.79. The van der Waals surface area contributed by atoms with Gasteiger partial charge in [0.1, 0.15) is 3.70 Å². The number of rotatable bonds is 3. The zero-order valence-corrected chi connectivity index (χ0v) is 13.9. The first-order valence-corrected chi connectivity index (χ1v) is 7.75. The molecule has 0 fully saturated rings. The van der Waals surface area contributed by atoms with Crippen LogP contribution >= 0.6 is 22.6 Å². The highest BCUT2D eigenvalue weighted by Gasteiger charge is 2.19. The Hall–Kier alpha value is -2.42. The lowest BCUT2D eigenvalue weighted by atomic mass is 10.1. The molecular formula is C16H11IN2O4. The first-order chi connectivity index (χ1) is 11.0. The summed E-state index contributed by atoms with van der Waals surface area (Å²) < 4.78 is 1.75. The molecule has 0 radical (unpaired) electrons. The summed E-state index contributed by atoms with van der Waals surface area (Å²) in [6.07, 6.45) is 1.54. The van der Waals surface area contributed by atoms with Crippen LogP contribution < -0.4 is 5.56 Å². The Kier molecular flexibility index (Phi) is 4.03. The highest BCUT2D eigenvalue weighted by Crippen LogP contribution is 2.28. The van der Waals surface area contributed by atoms with Gasteiger partial charge in [-0.25, -0.2) is 9.78 Å². The fraction of sp³-hybridized carbons (Fsp3) is 0.0625. The molecule has 0 saturated heterocycles. The van der Waals surface area contributed by atoms with Crippen molar-refractivity contribution < 1.29 is 15.0 Å². The normalized spacial score (nSPS) is 10.8. The van der Waals surface area contributed by atoms with Crippen molar-refractivity contribution in [1.82, 2.24) is 9.55 Å². The molecule has 116 valence electrons. The van der Waals surface area contributed by atoms with Gasteiger partial charge in [-0.05, 0) is 34.2 Å². The fourth-order valence-corrected chi connectivity index (χ4v) is 3.12. The summed E-state index contributed by atoms with van der Waals surface area (Å²) in [6, 6.07) is 11.0. The van der Waals surface area contributed by atoms with E-state index in [0.717, 1.165) is 5.56 Å². The van der Waals surface area contributed by atoms with Crippen LogP contribution in [0, 0.1) is 3.70 Å². The summed E-state index contributed by atoms with van der Waals surface area (Å²) in [5.74, 6) is -1.83.